The van der Waals surface area contributed by atoms with Crippen molar-refractivity contribution in [1.82, 2.24) is 4.90 Å². The fourth-order valence-corrected chi connectivity index (χ4v) is 2.29. The van der Waals surface area contributed by atoms with Crippen molar-refractivity contribution < 1.29 is 14.3 Å². The summed E-state index contributed by atoms with van der Waals surface area (Å²) in [6, 6.07) is 0. The fourth-order valence-electron chi connectivity index (χ4n) is 2.29. The van der Waals surface area contributed by atoms with Gasteiger partial charge in [0.05, 0.1) is 6.61 Å². The van der Waals surface area contributed by atoms with Gasteiger partial charge in [-0.25, -0.2) is 4.79 Å². The summed E-state index contributed by atoms with van der Waals surface area (Å²) in [5.74, 6) is -0.511. The Hall–Kier alpha value is -1.32. The first-order valence-corrected chi connectivity index (χ1v) is 9.29. The highest BCUT2D eigenvalue weighted by molar-refractivity contribution is 5.94. The molecular formula is C19H35NO3. The maximum absolute atomic E-state index is 12.3. The zero-order valence-electron chi connectivity index (χ0n) is 15.3. The molecule has 1 amide bonds. The van der Waals surface area contributed by atoms with Crippen molar-refractivity contribution in [2.75, 3.05) is 19.7 Å². The average Bonchev–Trinajstić information content (AvgIpc) is 2.56. The van der Waals surface area contributed by atoms with Crippen LogP contribution in [0.25, 0.3) is 0 Å². The van der Waals surface area contributed by atoms with E-state index in [2.05, 4.69) is 13.8 Å². The second kappa shape index (κ2) is 15.6. The Bertz CT molecular complexity index is 328. The third-order valence-corrected chi connectivity index (χ3v) is 3.69. The van der Waals surface area contributed by atoms with Crippen LogP contribution in [0.1, 0.15) is 78.6 Å². The number of amides is 1. The van der Waals surface area contributed by atoms with Crippen LogP contribution >= 0.6 is 0 Å². The third-order valence-electron chi connectivity index (χ3n) is 3.69. The first kappa shape index (κ1) is 21.7. The zero-order chi connectivity index (χ0) is 17.3. The Morgan fingerprint density at radius 2 is 1.35 bits per heavy atom. The summed E-state index contributed by atoms with van der Waals surface area (Å²) >= 11 is 0. The van der Waals surface area contributed by atoms with Crippen LogP contribution in [-0.2, 0) is 14.3 Å². The van der Waals surface area contributed by atoms with Gasteiger partial charge in [0.2, 0.25) is 5.91 Å². The summed E-state index contributed by atoms with van der Waals surface area (Å²) in [5, 5.41) is 0. The van der Waals surface area contributed by atoms with Crippen molar-refractivity contribution in [3.8, 4) is 0 Å². The standard InChI is InChI=1S/C19H35NO3/c1-4-7-9-11-15-20(16-12-10-8-5-2)18(21)13-14-19(22)23-17-6-3/h13-14H,4-12,15-17H2,1-3H3/b14-13+. The van der Waals surface area contributed by atoms with Crippen LogP contribution in [-0.4, -0.2) is 36.5 Å². The van der Waals surface area contributed by atoms with Crippen LogP contribution in [0.4, 0.5) is 0 Å². The molecule has 0 atom stereocenters. The van der Waals surface area contributed by atoms with Gasteiger partial charge in [-0.05, 0) is 19.3 Å². The number of hydrogen-bond donors (Lipinski definition) is 0. The van der Waals surface area contributed by atoms with E-state index in [0.717, 1.165) is 45.2 Å². The molecule has 0 aromatic carbocycles. The molecule has 0 bridgehead atoms. The van der Waals surface area contributed by atoms with Gasteiger partial charge >= 0.3 is 5.97 Å². The highest BCUT2D eigenvalue weighted by Gasteiger charge is 2.10. The summed E-state index contributed by atoms with van der Waals surface area (Å²) in [6.45, 7) is 8.25. The maximum atomic E-state index is 12.3. The Balaban J connectivity index is 4.34. The molecule has 0 saturated carbocycles. The van der Waals surface area contributed by atoms with Gasteiger partial charge in [0.25, 0.3) is 0 Å². The van der Waals surface area contributed by atoms with Gasteiger partial charge in [-0.3, -0.25) is 4.79 Å². The molecule has 4 nitrogen and oxygen atoms in total. The summed E-state index contributed by atoms with van der Waals surface area (Å²) in [7, 11) is 0. The molecule has 0 unspecified atom stereocenters. The predicted molar refractivity (Wildman–Crippen MR) is 95.3 cm³/mol. The van der Waals surface area contributed by atoms with Crippen molar-refractivity contribution in [1.29, 1.82) is 0 Å². The van der Waals surface area contributed by atoms with E-state index in [0.29, 0.717) is 6.61 Å². The van der Waals surface area contributed by atoms with Crippen molar-refractivity contribution in [3.63, 3.8) is 0 Å². The fraction of sp³-hybridized carbons (Fsp3) is 0.789. The molecule has 0 aliphatic heterocycles. The maximum Gasteiger partial charge on any atom is 0.330 e. The first-order valence-electron chi connectivity index (χ1n) is 9.29. The lowest BCUT2D eigenvalue weighted by Gasteiger charge is -2.21. The Morgan fingerprint density at radius 3 is 1.83 bits per heavy atom. The number of hydrogen-bond acceptors (Lipinski definition) is 3. The van der Waals surface area contributed by atoms with Crippen LogP contribution in [0.15, 0.2) is 12.2 Å². The molecule has 0 saturated heterocycles. The van der Waals surface area contributed by atoms with Crippen LogP contribution < -0.4 is 0 Å². The minimum Gasteiger partial charge on any atom is -0.463 e. The van der Waals surface area contributed by atoms with E-state index in [9.17, 15) is 9.59 Å². The van der Waals surface area contributed by atoms with Crippen molar-refractivity contribution in [3.05, 3.63) is 12.2 Å². The number of carbonyl (C=O) groups is 2. The molecule has 0 fully saturated rings. The number of nitrogens with zero attached hydrogens (tertiary/aromatic N) is 1. The number of unbranched alkanes of at least 4 members (excludes halogenated alkanes) is 6. The van der Waals surface area contributed by atoms with Gasteiger partial charge in [0.15, 0.2) is 0 Å². The lowest BCUT2D eigenvalue weighted by atomic mass is 10.1. The molecule has 0 heterocycles. The summed E-state index contributed by atoms with van der Waals surface area (Å²) < 4.78 is 4.95. The van der Waals surface area contributed by atoms with Crippen molar-refractivity contribution in [2.24, 2.45) is 0 Å². The predicted octanol–water partition coefficient (Wildman–Crippen LogP) is 4.49. The monoisotopic (exact) mass is 325 g/mol. The Labute approximate surface area is 142 Å². The molecule has 0 aliphatic carbocycles. The van der Waals surface area contributed by atoms with Crippen molar-refractivity contribution >= 4 is 11.9 Å². The highest BCUT2D eigenvalue weighted by Crippen LogP contribution is 2.06. The Morgan fingerprint density at radius 1 is 0.783 bits per heavy atom. The first-order chi connectivity index (χ1) is 11.2. The molecule has 4 heteroatoms. The van der Waals surface area contributed by atoms with E-state index in [-0.39, 0.29) is 5.91 Å². The number of rotatable bonds is 14. The number of esters is 1. The number of ether oxygens (including phenoxy) is 1. The van der Waals surface area contributed by atoms with Gasteiger partial charge in [-0.2, -0.15) is 0 Å². The number of carbonyl (C=O) groups excluding carboxylic acids is 2. The van der Waals surface area contributed by atoms with Crippen LogP contribution in [0.5, 0.6) is 0 Å². The van der Waals surface area contributed by atoms with Gasteiger partial charge in [0.1, 0.15) is 0 Å². The minimum absolute atomic E-state index is 0.0774. The van der Waals surface area contributed by atoms with Gasteiger partial charge in [-0.15, -0.1) is 0 Å². The van der Waals surface area contributed by atoms with E-state index < -0.39 is 5.97 Å². The van der Waals surface area contributed by atoms with E-state index in [1.165, 1.54) is 37.8 Å². The second-order valence-electron chi connectivity index (χ2n) is 5.95. The largest absolute Gasteiger partial charge is 0.463 e. The topological polar surface area (TPSA) is 46.6 Å². The lowest BCUT2D eigenvalue weighted by molar-refractivity contribution is -0.138. The molecule has 0 N–H and O–H groups in total. The van der Waals surface area contributed by atoms with E-state index in [1.807, 2.05) is 11.8 Å². The molecule has 0 aromatic heterocycles. The smallest absolute Gasteiger partial charge is 0.330 e. The summed E-state index contributed by atoms with van der Waals surface area (Å²) in [5.41, 5.74) is 0. The second-order valence-corrected chi connectivity index (χ2v) is 5.95. The van der Waals surface area contributed by atoms with Crippen molar-refractivity contribution in [2.45, 2.75) is 78.6 Å². The average molecular weight is 325 g/mol. The van der Waals surface area contributed by atoms with E-state index >= 15 is 0 Å². The molecule has 0 rings (SSSR count). The zero-order valence-corrected chi connectivity index (χ0v) is 15.3. The molecule has 134 valence electrons. The third kappa shape index (κ3) is 12.9. The Kier molecular flexibility index (Phi) is 14.7. The lowest BCUT2D eigenvalue weighted by Crippen LogP contribution is -2.31. The molecule has 0 radical (unpaired) electrons. The summed E-state index contributed by atoms with van der Waals surface area (Å²) in [4.78, 5) is 25.6. The molecule has 0 aromatic rings. The van der Waals surface area contributed by atoms with Crippen LogP contribution in [0.3, 0.4) is 0 Å². The minimum atomic E-state index is -0.433. The summed E-state index contributed by atoms with van der Waals surface area (Å²) in [6.07, 6.45) is 12.5. The molecule has 0 spiro atoms. The van der Waals surface area contributed by atoms with Crippen LogP contribution in [0, 0.1) is 0 Å². The van der Waals surface area contributed by atoms with Gasteiger partial charge in [-0.1, -0.05) is 59.3 Å². The molecule has 23 heavy (non-hydrogen) atoms. The molecular weight excluding hydrogens is 290 g/mol. The van der Waals surface area contributed by atoms with Gasteiger partial charge in [0, 0.05) is 25.2 Å². The van der Waals surface area contributed by atoms with E-state index in [1.54, 1.807) is 0 Å². The quantitative estimate of drug-likeness (QED) is 0.269. The normalized spacial score (nSPS) is 10.9. The SMILES string of the molecule is CCCCCCN(CCCCCC)C(=O)/C=C/C(=O)OCCC. The highest BCUT2D eigenvalue weighted by atomic mass is 16.5. The van der Waals surface area contributed by atoms with Crippen LogP contribution in [0.2, 0.25) is 0 Å². The molecule has 0 aliphatic rings. The van der Waals surface area contributed by atoms with Gasteiger partial charge < -0.3 is 9.64 Å². The van der Waals surface area contributed by atoms with E-state index in [4.69, 9.17) is 4.74 Å².